The monoisotopic (exact) mass is 622 g/mol. The van der Waals surface area contributed by atoms with Crippen molar-refractivity contribution in [1.29, 1.82) is 0 Å². The lowest BCUT2D eigenvalue weighted by Gasteiger charge is -2.45. The average molecular weight is 623 g/mol. The van der Waals surface area contributed by atoms with Gasteiger partial charge < -0.3 is 16.4 Å². The topological polar surface area (TPSA) is 86.5 Å². The smallest absolute Gasteiger partial charge is 0.248 e. The molecule has 6 rings (SSSR count). The number of amides is 1. The van der Waals surface area contributed by atoms with Gasteiger partial charge in [-0.3, -0.25) is 19.6 Å². The molecule has 1 amide bonds. The molecule has 2 bridgehead atoms. The summed E-state index contributed by atoms with van der Waals surface area (Å²) in [5, 5.41) is 7.23. The molecule has 0 spiro atoms. The van der Waals surface area contributed by atoms with Gasteiger partial charge in [0.1, 0.15) is 0 Å². The number of rotatable bonds is 13. The molecule has 2 aromatic rings. The van der Waals surface area contributed by atoms with E-state index in [2.05, 4.69) is 44.7 Å². The van der Waals surface area contributed by atoms with Gasteiger partial charge in [-0.05, 0) is 94.5 Å². The quantitative estimate of drug-likeness (QED) is 0.260. The first-order chi connectivity index (χ1) is 21.9. The molecule has 246 valence electrons. The minimum Gasteiger partial charge on any atom is -0.349 e. The number of nitrogens with one attached hydrogen (secondary N) is 2. The van der Waals surface area contributed by atoms with Crippen LogP contribution in [0.5, 0.6) is 0 Å². The number of fused-ring (bicyclic) bond motifs is 3. The van der Waals surface area contributed by atoms with Gasteiger partial charge in [-0.2, -0.15) is 0 Å². The third kappa shape index (κ3) is 7.92. The molecule has 3 fully saturated rings. The van der Waals surface area contributed by atoms with Crippen molar-refractivity contribution < 1.29 is 13.6 Å². The Balaban J connectivity index is 1.13. The van der Waals surface area contributed by atoms with E-state index in [0.29, 0.717) is 24.2 Å². The first kappa shape index (κ1) is 32.5. The Labute approximate surface area is 267 Å². The van der Waals surface area contributed by atoms with Gasteiger partial charge in [0.2, 0.25) is 11.8 Å². The van der Waals surface area contributed by atoms with Crippen LogP contribution in [0, 0.1) is 5.92 Å². The van der Waals surface area contributed by atoms with E-state index in [1.54, 1.807) is 0 Å². The fraction of sp³-hybridized carbons (Fsp3) is 0.667. The standard InChI is InChI=1S/C36H52F2N6O/c37-36(38)18-15-28(16-19-36)35(45)42-30(26-8-2-1-3-9-26)17-23-44-29-13-14-32(44)31(41-24-29)25-43(22-5-4-20-39)33-12-6-10-27-11-7-21-40-34(27)33/h1-3,7-9,11,21,28-33,41H,4-6,10,12-20,22-25,39H2,(H,42,45)/t29-,30-,31?,32+,33-/m0/s1. The number of alkyl halides is 2. The minimum atomic E-state index is -2.63. The van der Waals surface area contributed by atoms with E-state index in [0.717, 1.165) is 70.4 Å². The van der Waals surface area contributed by atoms with Gasteiger partial charge in [0.25, 0.3) is 0 Å². The Morgan fingerprint density at radius 3 is 2.71 bits per heavy atom. The van der Waals surface area contributed by atoms with Gasteiger partial charge >= 0.3 is 0 Å². The molecular formula is C36H52F2N6O. The molecule has 3 heterocycles. The summed E-state index contributed by atoms with van der Waals surface area (Å²) >= 11 is 0. The lowest BCUT2D eigenvalue weighted by Crippen LogP contribution is -2.61. The van der Waals surface area contributed by atoms with E-state index in [1.165, 1.54) is 30.5 Å². The number of unbranched alkanes of at least 4 members (excludes halogenated alkanes) is 1. The number of carbonyl (C=O) groups excluding carboxylic acids is 1. The van der Waals surface area contributed by atoms with E-state index >= 15 is 0 Å². The molecular weight excluding hydrogens is 570 g/mol. The van der Waals surface area contributed by atoms with Gasteiger partial charge in [0, 0.05) is 62.7 Å². The maximum atomic E-state index is 13.8. The van der Waals surface area contributed by atoms with E-state index < -0.39 is 5.92 Å². The van der Waals surface area contributed by atoms with Crippen LogP contribution >= 0.6 is 0 Å². The third-order valence-electron chi connectivity index (χ3n) is 11.0. The Kier molecular flexibility index (Phi) is 10.8. The normalized spacial score (nSPS) is 27.3. The van der Waals surface area contributed by atoms with Crippen LogP contribution in [0.3, 0.4) is 0 Å². The van der Waals surface area contributed by atoms with Crippen LogP contribution < -0.4 is 16.4 Å². The van der Waals surface area contributed by atoms with Crippen LogP contribution in [-0.4, -0.2) is 77.5 Å². The van der Waals surface area contributed by atoms with Crippen LogP contribution in [0.25, 0.3) is 0 Å². The molecule has 9 heteroatoms. The molecule has 2 saturated heterocycles. The van der Waals surface area contributed by atoms with Crippen molar-refractivity contribution >= 4 is 5.91 Å². The highest BCUT2D eigenvalue weighted by atomic mass is 19.3. The number of nitrogens with zero attached hydrogens (tertiary/aromatic N) is 3. The molecule has 45 heavy (non-hydrogen) atoms. The van der Waals surface area contributed by atoms with Gasteiger partial charge in [0.05, 0.1) is 17.8 Å². The predicted molar refractivity (Wildman–Crippen MR) is 174 cm³/mol. The number of hydrogen-bond acceptors (Lipinski definition) is 6. The fourth-order valence-electron chi connectivity index (χ4n) is 8.48. The number of aryl methyl sites for hydroxylation is 1. The molecule has 2 aliphatic carbocycles. The summed E-state index contributed by atoms with van der Waals surface area (Å²) in [5.74, 6) is -3.04. The summed E-state index contributed by atoms with van der Waals surface area (Å²) in [6, 6.07) is 16.0. The number of nitrogens with two attached hydrogens (primary N) is 1. The van der Waals surface area contributed by atoms with Crippen LogP contribution in [0.1, 0.15) is 99.5 Å². The van der Waals surface area contributed by atoms with Crippen molar-refractivity contribution in [2.45, 2.75) is 113 Å². The summed E-state index contributed by atoms with van der Waals surface area (Å²) in [6.45, 7) is 4.62. The molecule has 5 atom stereocenters. The van der Waals surface area contributed by atoms with E-state index in [4.69, 9.17) is 10.7 Å². The van der Waals surface area contributed by atoms with Gasteiger partial charge in [-0.1, -0.05) is 36.4 Å². The zero-order valence-corrected chi connectivity index (χ0v) is 26.7. The number of aromatic nitrogens is 1. The zero-order chi connectivity index (χ0) is 31.2. The second-order valence-corrected chi connectivity index (χ2v) is 13.9. The van der Waals surface area contributed by atoms with Crippen molar-refractivity contribution in [3.63, 3.8) is 0 Å². The van der Waals surface area contributed by atoms with Gasteiger partial charge in [-0.15, -0.1) is 0 Å². The zero-order valence-electron chi connectivity index (χ0n) is 26.7. The van der Waals surface area contributed by atoms with E-state index in [-0.39, 0.29) is 43.6 Å². The maximum Gasteiger partial charge on any atom is 0.248 e. The number of hydrogen-bond donors (Lipinski definition) is 3. The minimum absolute atomic E-state index is 0.0741. The van der Waals surface area contributed by atoms with Crippen LogP contribution in [0.2, 0.25) is 0 Å². The highest BCUT2D eigenvalue weighted by molar-refractivity contribution is 5.79. The van der Waals surface area contributed by atoms with Crippen molar-refractivity contribution in [1.82, 2.24) is 25.4 Å². The summed E-state index contributed by atoms with van der Waals surface area (Å²) in [6.07, 6.45) is 10.8. The van der Waals surface area contributed by atoms with Crippen LogP contribution in [0.4, 0.5) is 8.78 Å². The highest BCUT2D eigenvalue weighted by Gasteiger charge is 2.44. The number of halogens is 2. The van der Waals surface area contributed by atoms with Crippen molar-refractivity contribution in [3.05, 3.63) is 65.5 Å². The Morgan fingerprint density at radius 1 is 1.09 bits per heavy atom. The SMILES string of the molecule is NCCCCN(CC1NC[C@@H]2CC[C@H]1N2CC[C@H](NC(=O)C1CCC(F)(F)CC1)c1ccccc1)[C@H]1CCCc2cccnc21. The average Bonchev–Trinajstić information content (AvgIpc) is 3.35. The fourth-order valence-corrected chi connectivity index (χ4v) is 8.48. The van der Waals surface area contributed by atoms with E-state index in [9.17, 15) is 13.6 Å². The van der Waals surface area contributed by atoms with Gasteiger partial charge in [-0.25, -0.2) is 8.78 Å². The lowest BCUT2D eigenvalue weighted by atomic mass is 9.86. The predicted octanol–water partition coefficient (Wildman–Crippen LogP) is 5.38. The Hall–Kier alpha value is -2.46. The second kappa shape index (κ2) is 15.0. The summed E-state index contributed by atoms with van der Waals surface area (Å²) in [4.78, 5) is 23.6. The van der Waals surface area contributed by atoms with Crippen molar-refractivity contribution in [3.8, 4) is 0 Å². The van der Waals surface area contributed by atoms with E-state index in [1.807, 2.05) is 24.4 Å². The first-order valence-electron chi connectivity index (χ1n) is 17.5. The molecule has 4 N–H and O–H groups in total. The van der Waals surface area contributed by atoms with Crippen LogP contribution in [0.15, 0.2) is 48.7 Å². The molecule has 4 aliphatic rings. The number of pyridine rings is 1. The Bertz CT molecular complexity index is 1240. The number of benzene rings is 1. The van der Waals surface area contributed by atoms with Crippen LogP contribution in [-0.2, 0) is 11.2 Å². The lowest BCUT2D eigenvalue weighted by molar-refractivity contribution is -0.130. The first-order valence-corrected chi connectivity index (χ1v) is 17.5. The number of carbonyl (C=O) groups is 1. The second-order valence-electron chi connectivity index (χ2n) is 13.9. The molecule has 0 radical (unpaired) electrons. The molecule has 2 aliphatic heterocycles. The highest BCUT2D eigenvalue weighted by Crippen LogP contribution is 2.38. The van der Waals surface area contributed by atoms with Crippen molar-refractivity contribution in [2.75, 3.05) is 32.7 Å². The summed E-state index contributed by atoms with van der Waals surface area (Å²) in [5.41, 5.74) is 9.64. The third-order valence-corrected chi connectivity index (χ3v) is 11.0. The maximum absolute atomic E-state index is 13.8. The largest absolute Gasteiger partial charge is 0.349 e. The molecule has 1 unspecified atom stereocenters. The molecule has 1 aromatic heterocycles. The summed E-state index contributed by atoms with van der Waals surface area (Å²) in [7, 11) is 0. The number of piperazine rings is 1. The molecule has 1 saturated carbocycles. The Morgan fingerprint density at radius 2 is 1.91 bits per heavy atom. The molecule has 1 aromatic carbocycles. The summed E-state index contributed by atoms with van der Waals surface area (Å²) < 4.78 is 27.6. The molecule has 7 nitrogen and oxygen atoms in total. The van der Waals surface area contributed by atoms with Gasteiger partial charge in [0.15, 0.2) is 0 Å². The van der Waals surface area contributed by atoms with Crippen molar-refractivity contribution in [2.24, 2.45) is 11.7 Å².